The fourth-order valence-electron chi connectivity index (χ4n) is 3.93. The SMILES string of the molecule is CC.c1cnc(-c2ccc3c(c2)nc2n3CCN(C3CCC3)CC2)cn1. The number of imidazole rings is 1. The van der Waals surface area contributed by atoms with Crippen LogP contribution in [0.3, 0.4) is 0 Å². The topological polar surface area (TPSA) is 46.8 Å². The monoisotopic (exact) mass is 349 g/mol. The summed E-state index contributed by atoms with van der Waals surface area (Å²) < 4.78 is 2.41. The number of hydrogen-bond acceptors (Lipinski definition) is 4. The fraction of sp³-hybridized carbons (Fsp3) is 0.476. The van der Waals surface area contributed by atoms with Gasteiger partial charge in [-0.15, -0.1) is 0 Å². The summed E-state index contributed by atoms with van der Waals surface area (Å²) in [7, 11) is 0. The van der Waals surface area contributed by atoms with Gasteiger partial charge in [0.2, 0.25) is 0 Å². The first-order valence-electron chi connectivity index (χ1n) is 9.88. The van der Waals surface area contributed by atoms with Crippen LogP contribution in [-0.2, 0) is 13.0 Å². The molecule has 0 amide bonds. The Kier molecular flexibility index (Phi) is 4.98. The number of nitrogens with zero attached hydrogens (tertiary/aromatic N) is 5. The molecule has 136 valence electrons. The van der Waals surface area contributed by atoms with E-state index in [4.69, 9.17) is 4.98 Å². The van der Waals surface area contributed by atoms with Gasteiger partial charge < -0.3 is 4.57 Å². The normalized spacial score (nSPS) is 17.8. The second-order valence-corrected chi connectivity index (χ2v) is 6.84. The van der Waals surface area contributed by atoms with Crippen molar-refractivity contribution in [2.24, 2.45) is 0 Å². The van der Waals surface area contributed by atoms with Gasteiger partial charge in [-0.3, -0.25) is 14.9 Å². The second kappa shape index (κ2) is 7.54. The van der Waals surface area contributed by atoms with E-state index in [0.717, 1.165) is 48.9 Å². The maximum atomic E-state index is 4.93. The quantitative estimate of drug-likeness (QED) is 0.703. The zero-order valence-corrected chi connectivity index (χ0v) is 15.7. The Balaban J connectivity index is 0.000000814. The van der Waals surface area contributed by atoms with Gasteiger partial charge in [0, 0.05) is 50.1 Å². The van der Waals surface area contributed by atoms with Crippen LogP contribution in [0.2, 0.25) is 0 Å². The van der Waals surface area contributed by atoms with E-state index in [-0.39, 0.29) is 0 Å². The van der Waals surface area contributed by atoms with Crippen molar-refractivity contribution in [2.75, 3.05) is 13.1 Å². The van der Waals surface area contributed by atoms with Gasteiger partial charge in [-0.1, -0.05) is 26.3 Å². The molecule has 1 aromatic carbocycles. The molecule has 5 rings (SSSR count). The lowest BCUT2D eigenvalue weighted by Crippen LogP contribution is -2.41. The molecule has 26 heavy (non-hydrogen) atoms. The Morgan fingerprint density at radius 3 is 2.65 bits per heavy atom. The Bertz CT molecular complexity index is 867. The maximum Gasteiger partial charge on any atom is 0.111 e. The summed E-state index contributed by atoms with van der Waals surface area (Å²) in [4.78, 5) is 16.1. The molecule has 1 aliphatic carbocycles. The Morgan fingerprint density at radius 1 is 1.04 bits per heavy atom. The highest BCUT2D eigenvalue weighted by atomic mass is 15.2. The standard InChI is InChI=1S/C19H21N5.C2H6/c1-2-15(3-1)23-9-6-19-22-16-12-14(17-13-20-7-8-21-17)4-5-18(16)24(19)11-10-23;1-2/h4-5,7-8,12-13,15H,1-3,6,9-11H2;1-2H3. The first-order chi connectivity index (χ1) is 12.9. The Morgan fingerprint density at radius 2 is 1.92 bits per heavy atom. The van der Waals surface area contributed by atoms with Crippen LogP contribution in [0, 0.1) is 0 Å². The molecule has 0 bridgehead atoms. The molecule has 0 spiro atoms. The summed E-state index contributed by atoms with van der Waals surface area (Å²) in [6.07, 6.45) is 10.4. The lowest BCUT2D eigenvalue weighted by Gasteiger charge is -2.36. The van der Waals surface area contributed by atoms with Gasteiger partial charge >= 0.3 is 0 Å². The minimum Gasteiger partial charge on any atom is -0.327 e. The molecule has 2 aliphatic rings. The number of hydrogen-bond donors (Lipinski definition) is 0. The van der Waals surface area contributed by atoms with Crippen molar-refractivity contribution in [3.05, 3.63) is 42.6 Å². The van der Waals surface area contributed by atoms with Crippen molar-refractivity contribution in [3.8, 4) is 11.3 Å². The fourth-order valence-corrected chi connectivity index (χ4v) is 3.93. The smallest absolute Gasteiger partial charge is 0.111 e. The zero-order valence-electron chi connectivity index (χ0n) is 15.7. The molecule has 0 saturated heterocycles. The van der Waals surface area contributed by atoms with Gasteiger partial charge in [-0.25, -0.2) is 4.98 Å². The van der Waals surface area contributed by atoms with Crippen molar-refractivity contribution in [3.63, 3.8) is 0 Å². The van der Waals surface area contributed by atoms with Crippen LogP contribution in [-0.4, -0.2) is 43.6 Å². The average molecular weight is 349 g/mol. The lowest BCUT2D eigenvalue weighted by molar-refractivity contribution is 0.130. The third kappa shape index (κ3) is 3.12. The number of fused-ring (bicyclic) bond motifs is 3. The number of aromatic nitrogens is 4. The first-order valence-corrected chi connectivity index (χ1v) is 9.88. The predicted octanol–water partition coefficient (Wildman–Crippen LogP) is 3.93. The highest BCUT2D eigenvalue weighted by Crippen LogP contribution is 2.28. The van der Waals surface area contributed by atoms with Crippen molar-refractivity contribution < 1.29 is 0 Å². The molecule has 1 saturated carbocycles. The number of benzene rings is 1. The molecule has 0 N–H and O–H groups in total. The van der Waals surface area contributed by atoms with Crippen LogP contribution in [0.4, 0.5) is 0 Å². The van der Waals surface area contributed by atoms with Gasteiger partial charge in [0.1, 0.15) is 5.82 Å². The van der Waals surface area contributed by atoms with Crippen LogP contribution >= 0.6 is 0 Å². The third-order valence-corrected chi connectivity index (χ3v) is 5.51. The van der Waals surface area contributed by atoms with Gasteiger partial charge in [-0.05, 0) is 25.0 Å². The molecule has 1 fully saturated rings. The summed E-state index contributed by atoms with van der Waals surface area (Å²) in [5, 5.41) is 0. The highest BCUT2D eigenvalue weighted by molar-refractivity contribution is 5.81. The van der Waals surface area contributed by atoms with Crippen molar-refractivity contribution in [1.29, 1.82) is 0 Å². The van der Waals surface area contributed by atoms with Gasteiger partial charge in [-0.2, -0.15) is 0 Å². The molecule has 0 unspecified atom stereocenters. The van der Waals surface area contributed by atoms with Crippen LogP contribution < -0.4 is 0 Å². The summed E-state index contributed by atoms with van der Waals surface area (Å²) in [5.41, 5.74) is 4.30. The van der Waals surface area contributed by atoms with E-state index in [0.29, 0.717) is 0 Å². The summed E-state index contributed by atoms with van der Waals surface area (Å²) >= 11 is 0. The molecule has 3 heterocycles. The Hall–Kier alpha value is -2.27. The Labute approximate surface area is 155 Å². The molecule has 5 nitrogen and oxygen atoms in total. The van der Waals surface area contributed by atoms with E-state index in [2.05, 4.69) is 37.6 Å². The summed E-state index contributed by atoms with van der Waals surface area (Å²) in [6.45, 7) is 7.34. The molecule has 5 heteroatoms. The van der Waals surface area contributed by atoms with Crippen molar-refractivity contribution in [2.45, 2.75) is 52.1 Å². The molecular weight excluding hydrogens is 322 g/mol. The van der Waals surface area contributed by atoms with E-state index >= 15 is 0 Å². The van der Waals surface area contributed by atoms with Crippen LogP contribution in [0.1, 0.15) is 38.9 Å². The van der Waals surface area contributed by atoms with E-state index in [1.165, 1.54) is 30.6 Å². The molecule has 1 aliphatic heterocycles. The maximum absolute atomic E-state index is 4.93. The molecule has 0 atom stereocenters. The second-order valence-electron chi connectivity index (χ2n) is 6.84. The van der Waals surface area contributed by atoms with E-state index in [9.17, 15) is 0 Å². The largest absolute Gasteiger partial charge is 0.327 e. The average Bonchev–Trinajstić information content (AvgIpc) is 2.89. The zero-order chi connectivity index (χ0) is 17.9. The highest BCUT2D eigenvalue weighted by Gasteiger charge is 2.27. The minimum absolute atomic E-state index is 0.823. The van der Waals surface area contributed by atoms with Crippen molar-refractivity contribution >= 4 is 11.0 Å². The van der Waals surface area contributed by atoms with Crippen LogP contribution in [0.5, 0.6) is 0 Å². The molecule has 0 radical (unpaired) electrons. The lowest BCUT2D eigenvalue weighted by atomic mass is 9.91. The van der Waals surface area contributed by atoms with E-state index < -0.39 is 0 Å². The first kappa shape index (κ1) is 17.2. The van der Waals surface area contributed by atoms with Crippen molar-refractivity contribution in [1.82, 2.24) is 24.4 Å². The number of rotatable bonds is 2. The van der Waals surface area contributed by atoms with E-state index in [1.54, 1.807) is 18.6 Å². The van der Waals surface area contributed by atoms with E-state index in [1.807, 2.05) is 13.8 Å². The molecule has 3 aromatic rings. The van der Waals surface area contributed by atoms with Crippen LogP contribution in [0.15, 0.2) is 36.8 Å². The van der Waals surface area contributed by atoms with Gasteiger partial charge in [0.15, 0.2) is 0 Å². The minimum atomic E-state index is 0.823. The summed E-state index contributed by atoms with van der Waals surface area (Å²) in [6, 6.07) is 7.29. The molecule has 2 aromatic heterocycles. The molecular formula is C21H27N5. The summed E-state index contributed by atoms with van der Waals surface area (Å²) in [5.74, 6) is 1.23. The van der Waals surface area contributed by atoms with Gasteiger partial charge in [0.05, 0.1) is 22.9 Å². The predicted molar refractivity (Wildman–Crippen MR) is 105 cm³/mol. The van der Waals surface area contributed by atoms with Crippen LogP contribution in [0.25, 0.3) is 22.3 Å². The third-order valence-electron chi connectivity index (χ3n) is 5.51. The van der Waals surface area contributed by atoms with Gasteiger partial charge in [0.25, 0.3) is 0 Å².